The van der Waals surface area contributed by atoms with Crippen LogP contribution in [0.1, 0.15) is 32.1 Å². The van der Waals surface area contributed by atoms with E-state index in [-0.39, 0.29) is 5.91 Å². The molecule has 14 heavy (non-hydrogen) atoms. The van der Waals surface area contributed by atoms with Gasteiger partial charge >= 0.3 is 0 Å². The van der Waals surface area contributed by atoms with Crippen molar-refractivity contribution in [2.45, 2.75) is 38.1 Å². The highest BCUT2D eigenvalue weighted by molar-refractivity contribution is 6.02. The molecular formula is C10H17N3O. The molecule has 1 aliphatic heterocycles. The highest BCUT2D eigenvalue weighted by atomic mass is 16.2. The van der Waals surface area contributed by atoms with E-state index in [1.807, 2.05) is 0 Å². The summed E-state index contributed by atoms with van der Waals surface area (Å²) in [5.74, 6) is 0.852. The summed E-state index contributed by atoms with van der Waals surface area (Å²) in [6.07, 6.45) is 6.35. The van der Waals surface area contributed by atoms with E-state index in [1.54, 1.807) is 11.9 Å². The standard InChI is InChI=1S/C10H17N3O/c1-13-9(14)7-11-10(13)12-8-5-3-2-4-6-8/h8H,2-7H2,1H3,(H,11,12). The Balaban J connectivity index is 1.87. The average Bonchev–Trinajstić information content (AvgIpc) is 2.52. The predicted octanol–water partition coefficient (Wildman–Crippen LogP) is 0.737. The van der Waals surface area contributed by atoms with Crippen molar-refractivity contribution in [1.29, 1.82) is 0 Å². The summed E-state index contributed by atoms with van der Waals surface area (Å²) >= 11 is 0. The molecule has 0 aromatic heterocycles. The fourth-order valence-electron chi connectivity index (χ4n) is 2.04. The van der Waals surface area contributed by atoms with Crippen molar-refractivity contribution in [1.82, 2.24) is 10.2 Å². The Labute approximate surface area is 84.4 Å². The lowest BCUT2D eigenvalue weighted by Crippen LogP contribution is -2.44. The molecule has 0 radical (unpaired) electrons. The third-order valence-electron chi connectivity index (χ3n) is 2.99. The lowest BCUT2D eigenvalue weighted by Gasteiger charge is -2.25. The number of guanidine groups is 1. The van der Waals surface area contributed by atoms with Gasteiger partial charge < -0.3 is 5.32 Å². The molecule has 4 nitrogen and oxygen atoms in total. The zero-order valence-electron chi connectivity index (χ0n) is 8.62. The Bertz CT molecular complexity index is 256. The molecule has 4 heteroatoms. The van der Waals surface area contributed by atoms with Crippen LogP contribution in [0.15, 0.2) is 4.99 Å². The van der Waals surface area contributed by atoms with Crippen LogP contribution in [0.4, 0.5) is 0 Å². The summed E-state index contributed by atoms with van der Waals surface area (Å²) in [6.45, 7) is 0.311. The summed E-state index contributed by atoms with van der Waals surface area (Å²) < 4.78 is 0. The van der Waals surface area contributed by atoms with Crippen LogP contribution in [-0.4, -0.2) is 36.4 Å². The second kappa shape index (κ2) is 3.98. The van der Waals surface area contributed by atoms with Gasteiger partial charge in [-0.3, -0.25) is 9.69 Å². The first kappa shape index (κ1) is 9.49. The molecular weight excluding hydrogens is 178 g/mol. The Morgan fingerprint density at radius 1 is 1.36 bits per heavy atom. The molecule has 1 heterocycles. The van der Waals surface area contributed by atoms with Gasteiger partial charge in [0.25, 0.3) is 5.91 Å². The van der Waals surface area contributed by atoms with E-state index in [0.717, 1.165) is 5.96 Å². The molecule has 0 atom stereocenters. The first-order valence-electron chi connectivity index (χ1n) is 5.35. The van der Waals surface area contributed by atoms with E-state index in [9.17, 15) is 4.79 Å². The number of rotatable bonds is 1. The van der Waals surface area contributed by atoms with Gasteiger partial charge in [0.15, 0.2) is 0 Å². The van der Waals surface area contributed by atoms with Crippen LogP contribution in [0.5, 0.6) is 0 Å². The van der Waals surface area contributed by atoms with Crippen molar-refractivity contribution in [3.63, 3.8) is 0 Å². The minimum absolute atomic E-state index is 0.0864. The predicted molar refractivity (Wildman–Crippen MR) is 55.1 cm³/mol. The maximum atomic E-state index is 11.2. The number of hydrogen-bond donors (Lipinski definition) is 1. The fourth-order valence-corrected chi connectivity index (χ4v) is 2.04. The van der Waals surface area contributed by atoms with Crippen molar-refractivity contribution < 1.29 is 4.79 Å². The highest BCUT2D eigenvalue weighted by Crippen LogP contribution is 2.17. The molecule has 78 valence electrons. The number of carbonyl (C=O) groups is 1. The summed E-state index contributed by atoms with van der Waals surface area (Å²) in [4.78, 5) is 17.0. The highest BCUT2D eigenvalue weighted by Gasteiger charge is 2.24. The largest absolute Gasteiger partial charge is 0.353 e. The Kier molecular flexibility index (Phi) is 2.70. The topological polar surface area (TPSA) is 44.7 Å². The molecule has 1 N–H and O–H groups in total. The van der Waals surface area contributed by atoms with E-state index >= 15 is 0 Å². The minimum Gasteiger partial charge on any atom is -0.353 e. The van der Waals surface area contributed by atoms with Crippen LogP contribution in [-0.2, 0) is 4.79 Å². The van der Waals surface area contributed by atoms with Gasteiger partial charge in [0.05, 0.1) is 0 Å². The normalized spacial score (nSPS) is 23.9. The van der Waals surface area contributed by atoms with E-state index < -0.39 is 0 Å². The van der Waals surface area contributed by atoms with Gasteiger partial charge in [-0.1, -0.05) is 19.3 Å². The van der Waals surface area contributed by atoms with Crippen molar-refractivity contribution in [2.24, 2.45) is 4.99 Å². The van der Waals surface area contributed by atoms with Gasteiger partial charge in [0, 0.05) is 13.1 Å². The van der Waals surface area contributed by atoms with Crippen molar-refractivity contribution in [3.05, 3.63) is 0 Å². The maximum Gasteiger partial charge on any atom is 0.250 e. The van der Waals surface area contributed by atoms with E-state index in [1.165, 1.54) is 32.1 Å². The number of aliphatic imine (C=N–C) groups is 1. The van der Waals surface area contributed by atoms with Gasteiger partial charge in [-0.25, -0.2) is 4.99 Å². The first-order chi connectivity index (χ1) is 6.77. The maximum absolute atomic E-state index is 11.2. The summed E-state index contributed by atoms with van der Waals surface area (Å²) in [5.41, 5.74) is 0. The molecule has 0 aromatic carbocycles. The molecule has 1 fully saturated rings. The molecule has 1 aliphatic carbocycles. The van der Waals surface area contributed by atoms with Crippen LogP contribution >= 0.6 is 0 Å². The van der Waals surface area contributed by atoms with Crippen LogP contribution in [0.2, 0.25) is 0 Å². The summed E-state index contributed by atoms with van der Waals surface area (Å²) in [5, 5.41) is 3.35. The zero-order chi connectivity index (χ0) is 9.97. The van der Waals surface area contributed by atoms with Gasteiger partial charge in [-0.05, 0) is 12.8 Å². The third-order valence-corrected chi connectivity index (χ3v) is 2.99. The monoisotopic (exact) mass is 195 g/mol. The number of likely N-dealkylation sites (N-methyl/N-ethyl adjacent to an activating group) is 1. The Morgan fingerprint density at radius 3 is 2.64 bits per heavy atom. The van der Waals surface area contributed by atoms with Crippen molar-refractivity contribution >= 4 is 11.9 Å². The second-order valence-electron chi connectivity index (χ2n) is 4.07. The fraction of sp³-hybridized carbons (Fsp3) is 0.800. The van der Waals surface area contributed by atoms with Gasteiger partial charge in [-0.15, -0.1) is 0 Å². The first-order valence-corrected chi connectivity index (χ1v) is 5.35. The molecule has 1 saturated carbocycles. The number of hydrogen-bond acceptors (Lipinski definition) is 3. The number of carbonyl (C=O) groups excluding carboxylic acids is 1. The van der Waals surface area contributed by atoms with Crippen molar-refractivity contribution in [2.75, 3.05) is 13.6 Å². The van der Waals surface area contributed by atoms with Crippen LogP contribution in [0.3, 0.4) is 0 Å². The third kappa shape index (κ3) is 1.89. The lowest BCUT2D eigenvalue weighted by atomic mass is 9.96. The average molecular weight is 195 g/mol. The van der Waals surface area contributed by atoms with Gasteiger partial charge in [0.2, 0.25) is 5.96 Å². The van der Waals surface area contributed by atoms with Crippen LogP contribution < -0.4 is 5.32 Å². The molecule has 0 saturated heterocycles. The zero-order valence-corrected chi connectivity index (χ0v) is 8.62. The quantitative estimate of drug-likeness (QED) is 0.670. The van der Waals surface area contributed by atoms with E-state index in [0.29, 0.717) is 12.6 Å². The van der Waals surface area contributed by atoms with Gasteiger partial charge in [0.1, 0.15) is 6.54 Å². The number of nitrogens with one attached hydrogen (secondary N) is 1. The molecule has 0 unspecified atom stereocenters. The van der Waals surface area contributed by atoms with Crippen LogP contribution in [0, 0.1) is 0 Å². The molecule has 2 aliphatic rings. The Morgan fingerprint density at radius 2 is 2.07 bits per heavy atom. The molecule has 0 aromatic rings. The lowest BCUT2D eigenvalue weighted by molar-refractivity contribution is -0.124. The number of amides is 1. The summed E-state index contributed by atoms with van der Waals surface area (Å²) in [7, 11) is 1.78. The second-order valence-corrected chi connectivity index (χ2v) is 4.07. The Hall–Kier alpha value is -1.06. The molecule has 1 amide bonds. The van der Waals surface area contributed by atoms with E-state index in [4.69, 9.17) is 0 Å². The SMILES string of the molecule is CN1C(=O)CN=C1NC1CCCCC1. The minimum atomic E-state index is 0.0864. The van der Waals surface area contributed by atoms with Gasteiger partial charge in [-0.2, -0.15) is 0 Å². The molecule has 0 spiro atoms. The van der Waals surface area contributed by atoms with E-state index in [2.05, 4.69) is 10.3 Å². The van der Waals surface area contributed by atoms with Crippen LogP contribution in [0.25, 0.3) is 0 Å². The molecule has 0 bridgehead atoms. The smallest absolute Gasteiger partial charge is 0.250 e. The van der Waals surface area contributed by atoms with Crippen molar-refractivity contribution in [3.8, 4) is 0 Å². The molecule has 2 rings (SSSR count). The number of nitrogens with zero attached hydrogens (tertiary/aromatic N) is 2. The summed E-state index contributed by atoms with van der Waals surface area (Å²) in [6, 6.07) is 0.524.